The Morgan fingerprint density at radius 1 is 0.964 bits per heavy atom. The van der Waals surface area contributed by atoms with Crippen LogP contribution in [-0.4, -0.2) is 24.3 Å². The Balaban J connectivity index is 1.59. The Morgan fingerprint density at radius 2 is 1.71 bits per heavy atom. The highest BCUT2D eigenvalue weighted by Crippen LogP contribution is 2.17. The van der Waals surface area contributed by atoms with E-state index >= 15 is 0 Å². The van der Waals surface area contributed by atoms with Crippen LogP contribution in [0, 0.1) is 5.82 Å². The van der Waals surface area contributed by atoms with Gasteiger partial charge in [0.15, 0.2) is 6.61 Å². The van der Waals surface area contributed by atoms with Gasteiger partial charge in [0.05, 0.1) is 12.0 Å². The van der Waals surface area contributed by atoms with E-state index in [0.29, 0.717) is 0 Å². The van der Waals surface area contributed by atoms with Gasteiger partial charge < -0.3 is 10.1 Å². The molecule has 0 aliphatic rings. The first-order valence-corrected chi connectivity index (χ1v) is 8.66. The van der Waals surface area contributed by atoms with Crippen LogP contribution in [0.1, 0.15) is 22.8 Å². The van der Waals surface area contributed by atoms with Crippen molar-refractivity contribution in [2.24, 2.45) is 0 Å². The van der Waals surface area contributed by atoms with Gasteiger partial charge in [-0.05, 0) is 34.5 Å². The van der Waals surface area contributed by atoms with Gasteiger partial charge >= 0.3 is 5.97 Å². The molecule has 0 saturated carbocycles. The molecule has 0 bridgehead atoms. The smallest absolute Gasteiger partial charge is 0.310 e. The maximum absolute atomic E-state index is 14.1. The number of carbonyl (C=O) groups is 3. The van der Waals surface area contributed by atoms with Crippen LogP contribution in [-0.2, 0) is 20.7 Å². The van der Waals surface area contributed by atoms with Crippen molar-refractivity contribution in [2.75, 3.05) is 11.9 Å². The van der Waals surface area contributed by atoms with E-state index in [9.17, 15) is 18.8 Å². The number of hydrogen-bond donors (Lipinski definition) is 1. The van der Waals surface area contributed by atoms with Crippen molar-refractivity contribution in [3.8, 4) is 0 Å². The fraction of sp³-hybridized carbons (Fsp3) is 0.136. The van der Waals surface area contributed by atoms with E-state index in [0.717, 1.165) is 22.4 Å². The molecule has 0 aromatic heterocycles. The molecule has 0 atom stereocenters. The fourth-order valence-corrected chi connectivity index (χ4v) is 2.81. The minimum Gasteiger partial charge on any atom is -0.457 e. The maximum Gasteiger partial charge on any atom is 0.310 e. The van der Waals surface area contributed by atoms with Crippen LogP contribution in [0.4, 0.5) is 10.1 Å². The molecule has 0 aliphatic heterocycles. The summed E-state index contributed by atoms with van der Waals surface area (Å²) >= 11 is 0. The van der Waals surface area contributed by atoms with Gasteiger partial charge in [0.2, 0.25) is 11.7 Å². The van der Waals surface area contributed by atoms with E-state index in [-0.39, 0.29) is 23.6 Å². The van der Waals surface area contributed by atoms with Crippen LogP contribution < -0.4 is 5.32 Å². The lowest BCUT2D eigenvalue weighted by atomic mass is 10.1. The van der Waals surface area contributed by atoms with Gasteiger partial charge in [-0.2, -0.15) is 0 Å². The summed E-state index contributed by atoms with van der Waals surface area (Å²) in [6.45, 7) is 0.745. The molecule has 28 heavy (non-hydrogen) atoms. The number of amides is 1. The zero-order valence-electron chi connectivity index (χ0n) is 15.2. The highest BCUT2D eigenvalue weighted by Gasteiger charge is 2.15. The minimum absolute atomic E-state index is 0.0159. The van der Waals surface area contributed by atoms with E-state index < -0.39 is 24.2 Å². The Labute approximate surface area is 161 Å². The zero-order valence-corrected chi connectivity index (χ0v) is 15.2. The number of hydrogen-bond acceptors (Lipinski definition) is 4. The molecule has 0 radical (unpaired) electrons. The highest BCUT2D eigenvalue weighted by molar-refractivity contribution is 5.99. The van der Waals surface area contributed by atoms with Gasteiger partial charge in [-0.1, -0.05) is 42.5 Å². The number of halogens is 1. The lowest BCUT2D eigenvalue weighted by Gasteiger charge is -2.08. The number of anilines is 1. The van der Waals surface area contributed by atoms with E-state index in [1.54, 1.807) is 0 Å². The molecule has 5 nitrogen and oxygen atoms in total. The average molecular weight is 379 g/mol. The summed E-state index contributed by atoms with van der Waals surface area (Å²) < 4.78 is 19.1. The Hall–Kier alpha value is -3.54. The first kappa shape index (κ1) is 19.2. The van der Waals surface area contributed by atoms with Gasteiger partial charge in [-0.3, -0.25) is 14.4 Å². The van der Waals surface area contributed by atoms with Crippen LogP contribution in [0.25, 0.3) is 10.8 Å². The summed E-state index contributed by atoms with van der Waals surface area (Å²) in [6.07, 6.45) is 0.0159. The van der Waals surface area contributed by atoms with Crippen LogP contribution in [0.3, 0.4) is 0 Å². The number of carbonyl (C=O) groups excluding carboxylic acids is 3. The van der Waals surface area contributed by atoms with Gasteiger partial charge in [0.25, 0.3) is 0 Å². The zero-order chi connectivity index (χ0) is 20.1. The number of ketones is 1. The van der Waals surface area contributed by atoms with Crippen molar-refractivity contribution >= 4 is 34.1 Å². The maximum atomic E-state index is 14.1. The third kappa shape index (κ3) is 4.79. The Morgan fingerprint density at radius 3 is 2.43 bits per heavy atom. The molecule has 6 heteroatoms. The van der Waals surface area contributed by atoms with E-state index in [1.807, 2.05) is 42.5 Å². The third-order valence-electron chi connectivity index (χ3n) is 4.12. The lowest BCUT2D eigenvalue weighted by Crippen LogP contribution is -2.17. The second kappa shape index (κ2) is 8.43. The minimum atomic E-state index is -0.790. The average Bonchev–Trinajstić information content (AvgIpc) is 2.65. The molecule has 3 aromatic carbocycles. The molecule has 142 valence electrons. The molecule has 0 heterocycles. The second-order valence-corrected chi connectivity index (χ2v) is 6.32. The van der Waals surface area contributed by atoms with Crippen LogP contribution in [0.5, 0.6) is 0 Å². The summed E-state index contributed by atoms with van der Waals surface area (Å²) in [5.74, 6) is -2.36. The fourth-order valence-electron chi connectivity index (χ4n) is 2.81. The Bertz CT molecular complexity index is 1060. The standard InChI is InChI=1S/C22H18FNO4/c1-14(25)24-18-8-9-19(20(23)12-18)21(26)13-28-22(27)11-15-6-7-16-4-2-3-5-17(16)10-15/h2-10,12H,11,13H2,1H3,(H,24,25). The van der Waals surface area contributed by atoms with Gasteiger partial charge in [-0.15, -0.1) is 0 Å². The van der Waals surface area contributed by atoms with E-state index in [1.165, 1.54) is 19.1 Å². The molecule has 0 saturated heterocycles. The number of benzene rings is 3. The first-order valence-electron chi connectivity index (χ1n) is 8.66. The molecule has 1 amide bonds. The highest BCUT2D eigenvalue weighted by atomic mass is 19.1. The van der Waals surface area contributed by atoms with Crippen molar-refractivity contribution in [3.05, 3.63) is 77.6 Å². The topological polar surface area (TPSA) is 72.5 Å². The van der Waals surface area contributed by atoms with Gasteiger partial charge in [-0.25, -0.2) is 4.39 Å². The monoisotopic (exact) mass is 379 g/mol. The van der Waals surface area contributed by atoms with Crippen molar-refractivity contribution in [1.82, 2.24) is 0 Å². The van der Waals surface area contributed by atoms with Crippen molar-refractivity contribution in [3.63, 3.8) is 0 Å². The van der Waals surface area contributed by atoms with Crippen LogP contribution >= 0.6 is 0 Å². The van der Waals surface area contributed by atoms with E-state index in [2.05, 4.69) is 5.32 Å². The van der Waals surface area contributed by atoms with Crippen molar-refractivity contribution < 1.29 is 23.5 Å². The number of nitrogens with one attached hydrogen (secondary N) is 1. The predicted molar refractivity (Wildman–Crippen MR) is 104 cm³/mol. The molecular formula is C22H18FNO4. The quantitative estimate of drug-likeness (QED) is 0.521. The largest absolute Gasteiger partial charge is 0.457 e. The number of esters is 1. The Kier molecular flexibility index (Phi) is 5.79. The van der Waals surface area contributed by atoms with Crippen LogP contribution in [0.2, 0.25) is 0 Å². The third-order valence-corrected chi connectivity index (χ3v) is 4.12. The summed E-state index contributed by atoms with van der Waals surface area (Å²) in [7, 11) is 0. The normalized spacial score (nSPS) is 10.5. The molecule has 3 aromatic rings. The molecule has 1 N–H and O–H groups in total. The number of Topliss-reactive ketones (excluding diaryl/α,β-unsaturated/α-hetero) is 1. The molecule has 0 spiro atoms. The SMILES string of the molecule is CC(=O)Nc1ccc(C(=O)COC(=O)Cc2ccc3ccccc3c2)c(F)c1. The number of fused-ring (bicyclic) bond motifs is 1. The summed E-state index contributed by atoms with van der Waals surface area (Å²) in [5, 5.41) is 4.49. The molecule has 0 aliphatic carbocycles. The summed E-state index contributed by atoms with van der Waals surface area (Å²) in [5.41, 5.74) is 0.810. The second-order valence-electron chi connectivity index (χ2n) is 6.32. The molecule has 0 unspecified atom stereocenters. The number of rotatable bonds is 6. The lowest BCUT2D eigenvalue weighted by molar-refractivity contribution is -0.141. The molecular weight excluding hydrogens is 361 g/mol. The molecule has 0 fully saturated rings. The van der Waals surface area contributed by atoms with Gasteiger partial charge in [0.1, 0.15) is 5.82 Å². The van der Waals surface area contributed by atoms with Gasteiger partial charge in [0, 0.05) is 12.6 Å². The summed E-state index contributed by atoms with van der Waals surface area (Å²) in [6, 6.07) is 17.1. The van der Waals surface area contributed by atoms with E-state index in [4.69, 9.17) is 4.74 Å². The predicted octanol–water partition coefficient (Wildman–Crippen LogP) is 3.91. The molecule has 3 rings (SSSR count). The first-order chi connectivity index (χ1) is 13.4. The number of ether oxygens (including phenoxy) is 1. The van der Waals surface area contributed by atoms with Crippen LogP contribution in [0.15, 0.2) is 60.7 Å². The van der Waals surface area contributed by atoms with Crippen molar-refractivity contribution in [2.45, 2.75) is 13.3 Å². The van der Waals surface area contributed by atoms with Crippen molar-refractivity contribution in [1.29, 1.82) is 0 Å². The summed E-state index contributed by atoms with van der Waals surface area (Å²) in [4.78, 5) is 35.1.